The number of carbonyl (C=O) groups excluding carboxylic acids is 2. The molecule has 2 aromatic rings. The van der Waals surface area contributed by atoms with Crippen LogP contribution in [0.25, 0.3) is 0 Å². The van der Waals surface area contributed by atoms with Crippen molar-refractivity contribution in [3.05, 3.63) is 90.2 Å². The molecule has 0 aliphatic carbocycles. The molecule has 1 saturated heterocycles. The number of pyridine rings is 1. The summed E-state index contributed by atoms with van der Waals surface area (Å²) in [5, 5.41) is 3.39. The highest BCUT2D eigenvalue weighted by Crippen LogP contribution is 2.21. The van der Waals surface area contributed by atoms with Crippen LogP contribution in [0, 0.1) is 0 Å². The molecule has 5 heterocycles. The zero-order chi connectivity index (χ0) is 26.6. The number of nitrogens with zero attached hydrogens (tertiary/aromatic N) is 5. The lowest BCUT2D eigenvalue weighted by molar-refractivity contribution is -0.743. The van der Waals surface area contributed by atoms with Gasteiger partial charge in [-0.05, 0) is 36.2 Å². The monoisotopic (exact) mass is 526 g/mol. The third kappa shape index (κ3) is 5.62. The third-order valence-electron chi connectivity index (χ3n) is 7.24. The second-order valence-corrected chi connectivity index (χ2v) is 9.90. The first-order chi connectivity index (χ1) is 19.1. The van der Waals surface area contributed by atoms with Gasteiger partial charge in [0.15, 0.2) is 6.67 Å². The van der Waals surface area contributed by atoms with Gasteiger partial charge in [0.05, 0.1) is 31.4 Å². The van der Waals surface area contributed by atoms with E-state index in [1.807, 2.05) is 41.7 Å². The molecule has 1 fully saturated rings. The minimum absolute atomic E-state index is 0.0319. The molecule has 1 atom stereocenters. The van der Waals surface area contributed by atoms with Crippen molar-refractivity contribution in [2.75, 3.05) is 56.3 Å². The molecule has 2 amide bonds. The summed E-state index contributed by atoms with van der Waals surface area (Å²) in [5.74, 6) is 1.63. The fraction of sp³-hybridized carbons (Fsp3) is 0.310. The van der Waals surface area contributed by atoms with Gasteiger partial charge in [-0.2, -0.15) is 4.99 Å². The van der Waals surface area contributed by atoms with E-state index in [2.05, 4.69) is 44.5 Å². The molecule has 0 spiro atoms. The number of carbonyl (C=O) groups is 2. The van der Waals surface area contributed by atoms with Crippen LogP contribution in [0.15, 0.2) is 84.0 Å². The van der Waals surface area contributed by atoms with Crippen LogP contribution in [0.3, 0.4) is 0 Å². The number of benzene rings is 1. The number of anilines is 2. The van der Waals surface area contributed by atoms with E-state index in [0.29, 0.717) is 57.3 Å². The summed E-state index contributed by atoms with van der Waals surface area (Å²) in [6.45, 7) is 4.46. The molecule has 1 aromatic carbocycles. The normalized spacial score (nSPS) is 20.4. The molecule has 0 saturated carbocycles. The fourth-order valence-corrected chi connectivity index (χ4v) is 5.12. The first kappa shape index (κ1) is 25.0. The van der Waals surface area contributed by atoms with Crippen LogP contribution < -0.4 is 15.1 Å². The first-order valence-corrected chi connectivity index (χ1v) is 13.4. The highest BCUT2D eigenvalue weighted by Gasteiger charge is 2.31. The Morgan fingerprint density at radius 1 is 1.05 bits per heavy atom. The Balaban J connectivity index is 1.17. The number of nitrogens with one attached hydrogen (secondary N) is 2. The molecule has 2 N–H and O–H groups in total. The van der Waals surface area contributed by atoms with Crippen molar-refractivity contribution in [2.45, 2.75) is 12.8 Å². The summed E-state index contributed by atoms with van der Waals surface area (Å²) < 4.78 is 5.35. The number of quaternary nitrogens is 1. The van der Waals surface area contributed by atoms with E-state index in [9.17, 15) is 9.59 Å². The Labute approximate surface area is 227 Å². The maximum absolute atomic E-state index is 12.8. The van der Waals surface area contributed by atoms with Crippen molar-refractivity contribution in [3.63, 3.8) is 0 Å². The molecular formula is C29H32N7O3+. The Hall–Kier alpha value is -4.28. The predicted octanol–water partition coefficient (Wildman–Crippen LogP) is 1.38. The van der Waals surface area contributed by atoms with Crippen molar-refractivity contribution in [2.24, 2.45) is 4.99 Å². The Bertz CT molecular complexity index is 1360. The van der Waals surface area contributed by atoms with Gasteiger partial charge in [-0.3, -0.25) is 14.5 Å². The fourth-order valence-electron chi connectivity index (χ4n) is 5.12. The average molecular weight is 527 g/mol. The molecule has 6 rings (SSSR count). The van der Waals surface area contributed by atoms with Gasteiger partial charge in [0, 0.05) is 44.3 Å². The number of amides is 2. The lowest BCUT2D eigenvalue weighted by Gasteiger charge is -2.30. The van der Waals surface area contributed by atoms with Crippen LogP contribution in [0.4, 0.5) is 11.5 Å². The summed E-state index contributed by atoms with van der Waals surface area (Å²) in [7, 11) is 0. The smallest absolute Gasteiger partial charge is 0.257 e. The van der Waals surface area contributed by atoms with Crippen LogP contribution in [0.5, 0.6) is 0 Å². The number of morpholine rings is 1. The second kappa shape index (κ2) is 11.2. The first-order valence-electron chi connectivity index (χ1n) is 13.4. The largest absolute Gasteiger partial charge is 0.378 e. The highest BCUT2D eigenvalue weighted by molar-refractivity contribution is 5.97. The van der Waals surface area contributed by atoms with Crippen LogP contribution in [0.2, 0.25) is 0 Å². The summed E-state index contributed by atoms with van der Waals surface area (Å²) >= 11 is 0. The van der Waals surface area contributed by atoms with Crippen LogP contribution in [0.1, 0.15) is 22.3 Å². The van der Waals surface area contributed by atoms with E-state index in [1.165, 1.54) is 0 Å². The van der Waals surface area contributed by atoms with Gasteiger partial charge in [-0.25, -0.2) is 9.88 Å². The summed E-state index contributed by atoms with van der Waals surface area (Å²) in [6.07, 6.45) is 12.9. The Morgan fingerprint density at radius 2 is 1.95 bits per heavy atom. The number of aliphatic imine (C=N–C) groups is 1. The molecule has 10 heteroatoms. The van der Waals surface area contributed by atoms with Gasteiger partial charge in [0.1, 0.15) is 17.7 Å². The van der Waals surface area contributed by atoms with E-state index in [0.717, 1.165) is 40.6 Å². The molecule has 0 bridgehead atoms. The topological polar surface area (TPSA) is 94.8 Å². The lowest BCUT2D eigenvalue weighted by Crippen LogP contribution is -3.12. The standard InChI is InChI=1S/C29H31N7O3/c37-27(33-10-2-1-3-11-33)18-22-5-4-6-24(17-22)36-20-25(28-30-9-12-35(28)21-36)32-26-8-7-23(19-31-26)29(38)34-13-15-39-16-14-34/h1-2,4-9,12,17,19-20H,3,10-11,13-16,18,21H2,(H,31,32)/p+1. The van der Waals surface area contributed by atoms with E-state index < -0.39 is 0 Å². The van der Waals surface area contributed by atoms with Gasteiger partial charge < -0.3 is 19.9 Å². The Morgan fingerprint density at radius 3 is 2.74 bits per heavy atom. The van der Waals surface area contributed by atoms with Gasteiger partial charge >= 0.3 is 0 Å². The molecule has 1 aromatic heterocycles. The number of amidine groups is 1. The molecular weight excluding hydrogens is 494 g/mol. The van der Waals surface area contributed by atoms with E-state index >= 15 is 0 Å². The summed E-state index contributed by atoms with van der Waals surface area (Å²) in [5.41, 5.74) is 3.37. The van der Waals surface area contributed by atoms with Gasteiger partial charge in [0.25, 0.3) is 11.7 Å². The lowest BCUT2D eigenvalue weighted by atomic mass is 10.1. The van der Waals surface area contributed by atoms with E-state index in [4.69, 9.17) is 4.74 Å². The molecule has 39 heavy (non-hydrogen) atoms. The maximum atomic E-state index is 12.8. The average Bonchev–Trinajstić information content (AvgIpc) is 3.48. The molecule has 1 unspecified atom stereocenters. The minimum Gasteiger partial charge on any atom is -0.378 e. The van der Waals surface area contributed by atoms with Crippen molar-refractivity contribution in [1.29, 1.82) is 0 Å². The van der Waals surface area contributed by atoms with Crippen LogP contribution in [-0.2, 0) is 16.0 Å². The third-order valence-corrected chi connectivity index (χ3v) is 7.24. The number of ether oxygens (including phenoxy) is 1. The molecule has 0 radical (unpaired) electrons. The number of fused-ring (bicyclic) bond motifs is 1. The van der Waals surface area contributed by atoms with Crippen molar-refractivity contribution >= 4 is 29.2 Å². The Kier molecular flexibility index (Phi) is 7.20. The zero-order valence-electron chi connectivity index (χ0n) is 21.8. The predicted molar refractivity (Wildman–Crippen MR) is 148 cm³/mol. The second-order valence-electron chi connectivity index (χ2n) is 9.90. The summed E-state index contributed by atoms with van der Waals surface area (Å²) in [6, 6.07) is 11.8. The zero-order valence-corrected chi connectivity index (χ0v) is 21.8. The summed E-state index contributed by atoms with van der Waals surface area (Å²) in [4.78, 5) is 41.6. The highest BCUT2D eigenvalue weighted by atomic mass is 16.5. The minimum atomic E-state index is -0.0319. The van der Waals surface area contributed by atoms with Gasteiger partial charge in [-0.15, -0.1) is 0 Å². The van der Waals surface area contributed by atoms with Gasteiger partial charge in [0.2, 0.25) is 5.91 Å². The van der Waals surface area contributed by atoms with Crippen LogP contribution in [-0.4, -0.2) is 78.5 Å². The number of hydrogen-bond donors (Lipinski definition) is 2. The van der Waals surface area contributed by atoms with Crippen molar-refractivity contribution < 1.29 is 19.2 Å². The van der Waals surface area contributed by atoms with Gasteiger partial charge in [-0.1, -0.05) is 24.3 Å². The molecule has 10 nitrogen and oxygen atoms in total. The van der Waals surface area contributed by atoms with E-state index in [1.54, 1.807) is 17.2 Å². The molecule has 200 valence electrons. The number of rotatable bonds is 6. The SMILES string of the molecule is O=C(Cc1cccc(N2C=C(Nc3ccc(C(=O)N4CCOCC4)cn3)C3=NC=C[NH+]3C2)c1)N1CC=CCC1. The maximum Gasteiger partial charge on any atom is 0.257 e. The van der Waals surface area contributed by atoms with Crippen LogP contribution >= 0.6 is 0 Å². The van der Waals surface area contributed by atoms with Crippen molar-refractivity contribution in [1.82, 2.24) is 14.8 Å². The molecule has 4 aliphatic rings. The molecule has 4 aliphatic heterocycles. The van der Waals surface area contributed by atoms with E-state index in [-0.39, 0.29) is 11.8 Å². The van der Waals surface area contributed by atoms with Crippen molar-refractivity contribution in [3.8, 4) is 0 Å². The number of hydrogen-bond acceptors (Lipinski definition) is 7. The quantitative estimate of drug-likeness (QED) is 0.553. The number of aromatic nitrogens is 1.